The van der Waals surface area contributed by atoms with E-state index in [2.05, 4.69) is 24.6 Å². The Balaban J connectivity index is 2.58. The Morgan fingerprint density at radius 3 is 2.73 bits per heavy atom. The Labute approximate surface area is 91.8 Å². The molecule has 1 rings (SSSR count). The standard InChI is InChI=1S/C14H16O/c1-3-5-12-15-14(9-4-2)13-10-7-6-8-11-13/h1,4,6-8,10-11,14H,2,5,9,12H2. The fourth-order valence-electron chi connectivity index (χ4n) is 1.38. The predicted molar refractivity (Wildman–Crippen MR) is 63.4 cm³/mol. The summed E-state index contributed by atoms with van der Waals surface area (Å²) in [5.41, 5.74) is 1.18. The van der Waals surface area contributed by atoms with Crippen molar-refractivity contribution in [2.24, 2.45) is 0 Å². The molecule has 0 saturated heterocycles. The lowest BCUT2D eigenvalue weighted by Crippen LogP contribution is -2.04. The lowest BCUT2D eigenvalue weighted by atomic mass is 10.1. The van der Waals surface area contributed by atoms with Crippen LogP contribution < -0.4 is 0 Å². The van der Waals surface area contributed by atoms with Gasteiger partial charge in [0.15, 0.2) is 0 Å². The van der Waals surface area contributed by atoms with Gasteiger partial charge in [-0.25, -0.2) is 0 Å². The second-order valence-corrected chi connectivity index (χ2v) is 3.25. The number of benzene rings is 1. The van der Waals surface area contributed by atoms with E-state index in [9.17, 15) is 0 Å². The molecule has 0 aliphatic rings. The smallest absolute Gasteiger partial charge is 0.0859 e. The molecule has 1 unspecified atom stereocenters. The minimum absolute atomic E-state index is 0.0806. The molecule has 0 amide bonds. The molecule has 0 bridgehead atoms. The zero-order valence-corrected chi connectivity index (χ0v) is 8.86. The highest BCUT2D eigenvalue weighted by Crippen LogP contribution is 2.21. The van der Waals surface area contributed by atoms with Crippen molar-refractivity contribution in [3.63, 3.8) is 0 Å². The zero-order chi connectivity index (χ0) is 10.9. The van der Waals surface area contributed by atoms with Crippen molar-refractivity contribution in [3.8, 4) is 12.3 Å². The summed E-state index contributed by atoms with van der Waals surface area (Å²) in [6.07, 6.45) is 8.59. The average Bonchev–Trinajstić information content (AvgIpc) is 2.29. The van der Waals surface area contributed by atoms with Gasteiger partial charge in [-0.05, 0) is 12.0 Å². The maximum absolute atomic E-state index is 5.70. The van der Waals surface area contributed by atoms with E-state index in [-0.39, 0.29) is 6.10 Å². The Morgan fingerprint density at radius 2 is 2.13 bits per heavy atom. The summed E-state index contributed by atoms with van der Waals surface area (Å²) in [6, 6.07) is 10.1. The van der Waals surface area contributed by atoms with Crippen LogP contribution in [-0.4, -0.2) is 6.61 Å². The first-order valence-electron chi connectivity index (χ1n) is 5.09. The number of hydrogen-bond acceptors (Lipinski definition) is 1. The van der Waals surface area contributed by atoms with Crippen molar-refractivity contribution >= 4 is 0 Å². The van der Waals surface area contributed by atoms with Crippen molar-refractivity contribution in [3.05, 3.63) is 48.6 Å². The van der Waals surface area contributed by atoms with Gasteiger partial charge in [0.25, 0.3) is 0 Å². The molecule has 0 fully saturated rings. The topological polar surface area (TPSA) is 9.23 Å². The lowest BCUT2D eigenvalue weighted by Gasteiger charge is -2.15. The zero-order valence-electron chi connectivity index (χ0n) is 8.86. The highest BCUT2D eigenvalue weighted by atomic mass is 16.5. The maximum Gasteiger partial charge on any atom is 0.0859 e. The highest BCUT2D eigenvalue weighted by Gasteiger charge is 2.08. The summed E-state index contributed by atoms with van der Waals surface area (Å²) < 4.78 is 5.70. The van der Waals surface area contributed by atoms with Crippen LogP contribution >= 0.6 is 0 Å². The van der Waals surface area contributed by atoms with Crippen LogP contribution in [0.4, 0.5) is 0 Å². The molecule has 1 aromatic carbocycles. The number of rotatable bonds is 6. The van der Waals surface area contributed by atoms with E-state index in [4.69, 9.17) is 11.2 Å². The first kappa shape index (κ1) is 11.6. The van der Waals surface area contributed by atoms with E-state index in [1.165, 1.54) is 5.56 Å². The van der Waals surface area contributed by atoms with Crippen molar-refractivity contribution < 1.29 is 4.74 Å². The molecule has 0 aromatic heterocycles. The van der Waals surface area contributed by atoms with E-state index in [0.717, 1.165) is 6.42 Å². The SMILES string of the molecule is C#CCCOC(CC=C)c1ccccc1. The summed E-state index contributed by atoms with van der Waals surface area (Å²) >= 11 is 0. The molecule has 0 radical (unpaired) electrons. The van der Waals surface area contributed by atoms with Gasteiger partial charge in [-0.15, -0.1) is 18.9 Å². The Hall–Kier alpha value is -1.52. The molecule has 1 aromatic rings. The third kappa shape index (κ3) is 4.01. The quantitative estimate of drug-likeness (QED) is 0.389. The first-order valence-corrected chi connectivity index (χ1v) is 5.09. The van der Waals surface area contributed by atoms with Gasteiger partial charge < -0.3 is 4.74 Å². The lowest BCUT2D eigenvalue weighted by molar-refractivity contribution is 0.0590. The van der Waals surface area contributed by atoms with E-state index < -0.39 is 0 Å². The first-order chi connectivity index (χ1) is 7.38. The van der Waals surface area contributed by atoms with Crippen LogP contribution in [0.2, 0.25) is 0 Å². The molecular formula is C14H16O. The van der Waals surface area contributed by atoms with Gasteiger partial charge in [-0.3, -0.25) is 0 Å². The second kappa shape index (κ2) is 6.86. The van der Waals surface area contributed by atoms with Crippen LogP contribution in [0.25, 0.3) is 0 Å². The van der Waals surface area contributed by atoms with Crippen molar-refractivity contribution in [1.82, 2.24) is 0 Å². The molecule has 0 aliphatic heterocycles. The van der Waals surface area contributed by atoms with Crippen molar-refractivity contribution in [2.45, 2.75) is 18.9 Å². The minimum atomic E-state index is 0.0806. The molecule has 0 saturated carbocycles. The summed E-state index contributed by atoms with van der Waals surface area (Å²) in [7, 11) is 0. The summed E-state index contributed by atoms with van der Waals surface area (Å²) in [5, 5.41) is 0. The monoisotopic (exact) mass is 200 g/mol. The number of terminal acetylenes is 1. The van der Waals surface area contributed by atoms with Crippen molar-refractivity contribution in [1.29, 1.82) is 0 Å². The van der Waals surface area contributed by atoms with Crippen LogP contribution in [-0.2, 0) is 4.74 Å². The minimum Gasteiger partial charge on any atom is -0.372 e. The third-order valence-electron chi connectivity index (χ3n) is 2.12. The predicted octanol–water partition coefficient (Wildman–Crippen LogP) is 3.34. The molecule has 15 heavy (non-hydrogen) atoms. The summed E-state index contributed by atoms with van der Waals surface area (Å²) in [4.78, 5) is 0. The van der Waals surface area contributed by atoms with Crippen LogP contribution in [0.5, 0.6) is 0 Å². The normalized spacial score (nSPS) is 11.7. The summed E-state index contributed by atoms with van der Waals surface area (Å²) in [6.45, 7) is 4.34. The van der Waals surface area contributed by atoms with Crippen LogP contribution in [0.1, 0.15) is 24.5 Å². The largest absolute Gasteiger partial charge is 0.372 e. The fraction of sp³-hybridized carbons (Fsp3) is 0.286. The molecule has 1 nitrogen and oxygen atoms in total. The Kier molecular flexibility index (Phi) is 5.29. The number of ether oxygens (including phenoxy) is 1. The summed E-state index contributed by atoms with van der Waals surface area (Å²) in [5.74, 6) is 2.57. The molecule has 0 aliphatic carbocycles. The van der Waals surface area contributed by atoms with Crippen LogP contribution in [0.3, 0.4) is 0 Å². The second-order valence-electron chi connectivity index (χ2n) is 3.25. The molecular weight excluding hydrogens is 184 g/mol. The fourth-order valence-corrected chi connectivity index (χ4v) is 1.38. The van der Waals surface area contributed by atoms with E-state index in [1.54, 1.807) is 0 Å². The molecule has 0 N–H and O–H groups in total. The van der Waals surface area contributed by atoms with E-state index in [0.29, 0.717) is 13.0 Å². The molecule has 78 valence electrons. The highest BCUT2D eigenvalue weighted by molar-refractivity contribution is 5.18. The van der Waals surface area contributed by atoms with E-state index >= 15 is 0 Å². The van der Waals surface area contributed by atoms with Crippen LogP contribution in [0, 0.1) is 12.3 Å². The van der Waals surface area contributed by atoms with Gasteiger partial charge in [0, 0.05) is 6.42 Å². The van der Waals surface area contributed by atoms with Gasteiger partial charge in [-0.1, -0.05) is 36.4 Å². The Morgan fingerprint density at radius 1 is 1.40 bits per heavy atom. The van der Waals surface area contributed by atoms with E-state index in [1.807, 2.05) is 24.3 Å². The molecule has 1 heteroatoms. The van der Waals surface area contributed by atoms with Gasteiger partial charge in [0.2, 0.25) is 0 Å². The van der Waals surface area contributed by atoms with Gasteiger partial charge in [0.1, 0.15) is 0 Å². The molecule has 1 atom stereocenters. The molecule has 0 spiro atoms. The van der Waals surface area contributed by atoms with Crippen LogP contribution in [0.15, 0.2) is 43.0 Å². The number of hydrogen-bond donors (Lipinski definition) is 0. The van der Waals surface area contributed by atoms with Gasteiger partial charge in [-0.2, -0.15) is 0 Å². The average molecular weight is 200 g/mol. The molecule has 0 heterocycles. The van der Waals surface area contributed by atoms with Gasteiger partial charge in [0.05, 0.1) is 12.7 Å². The Bertz CT molecular complexity index is 321. The van der Waals surface area contributed by atoms with Gasteiger partial charge >= 0.3 is 0 Å². The third-order valence-corrected chi connectivity index (χ3v) is 2.12. The maximum atomic E-state index is 5.70. The van der Waals surface area contributed by atoms with Crippen molar-refractivity contribution in [2.75, 3.05) is 6.61 Å².